The summed E-state index contributed by atoms with van der Waals surface area (Å²) in [6, 6.07) is 6.27. The highest BCUT2D eigenvalue weighted by Crippen LogP contribution is 2.33. The second kappa shape index (κ2) is 5.93. The van der Waals surface area contributed by atoms with E-state index >= 15 is 0 Å². The summed E-state index contributed by atoms with van der Waals surface area (Å²) >= 11 is 6.19. The predicted octanol–water partition coefficient (Wildman–Crippen LogP) is 3.59. The zero-order chi connectivity index (χ0) is 13.8. The van der Waals surface area contributed by atoms with Crippen LogP contribution >= 0.6 is 11.6 Å². The van der Waals surface area contributed by atoms with Gasteiger partial charge in [-0.2, -0.15) is 0 Å². The molecular weight excluding hydrogens is 262 g/mol. The van der Waals surface area contributed by atoms with Crippen LogP contribution in [0.25, 0.3) is 6.08 Å². The molecule has 1 aliphatic rings. The summed E-state index contributed by atoms with van der Waals surface area (Å²) in [6.07, 6.45) is 6.87. The molecule has 100 valence electrons. The van der Waals surface area contributed by atoms with E-state index in [1.54, 1.807) is 0 Å². The van der Waals surface area contributed by atoms with Gasteiger partial charge in [0, 0.05) is 29.4 Å². The van der Waals surface area contributed by atoms with Crippen molar-refractivity contribution in [3.05, 3.63) is 47.5 Å². The molecule has 19 heavy (non-hydrogen) atoms. The summed E-state index contributed by atoms with van der Waals surface area (Å²) in [6.45, 7) is 4.57. The maximum atomic E-state index is 10.5. The summed E-state index contributed by atoms with van der Waals surface area (Å²) in [5.41, 5.74) is 1.77. The van der Waals surface area contributed by atoms with Crippen molar-refractivity contribution in [2.45, 2.75) is 18.9 Å². The van der Waals surface area contributed by atoms with Gasteiger partial charge >= 0.3 is 5.97 Å². The van der Waals surface area contributed by atoms with E-state index in [0.717, 1.165) is 18.3 Å². The fourth-order valence-electron chi connectivity index (χ4n) is 1.98. The second-order valence-corrected chi connectivity index (χ2v) is 4.96. The van der Waals surface area contributed by atoms with Crippen molar-refractivity contribution in [2.75, 3.05) is 11.4 Å². The van der Waals surface area contributed by atoms with Gasteiger partial charge in [-0.15, -0.1) is 6.58 Å². The van der Waals surface area contributed by atoms with E-state index < -0.39 is 5.97 Å². The average Bonchev–Trinajstić information content (AvgIpc) is 3.18. The zero-order valence-electron chi connectivity index (χ0n) is 10.6. The molecular formula is C15H16ClNO2. The summed E-state index contributed by atoms with van der Waals surface area (Å²) in [7, 11) is 0. The number of hydrogen-bond donors (Lipinski definition) is 1. The first-order valence-corrected chi connectivity index (χ1v) is 6.57. The van der Waals surface area contributed by atoms with Crippen LogP contribution < -0.4 is 4.90 Å². The number of carbonyl (C=O) groups is 1. The first-order chi connectivity index (χ1) is 9.11. The van der Waals surface area contributed by atoms with Gasteiger partial charge in [0.1, 0.15) is 0 Å². The zero-order valence-corrected chi connectivity index (χ0v) is 11.3. The number of anilines is 1. The van der Waals surface area contributed by atoms with Gasteiger partial charge in [-0.05, 0) is 36.6 Å². The number of benzene rings is 1. The van der Waals surface area contributed by atoms with Gasteiger partial charge < -0.3 is 10.0 Å². The van der Waals surface area contributed by atoms with Crippen LogP contribution in [0.5, 0.6) is 0 Å². The number of aliphatic carboxylic acids is 1. The maximum Gasteiger partial charge on any atom is 0.328 e. The third-order valence-electron chi connectivity index (χ3n) is 3.03. The normalized spacial score (nSPS) is 14.6. The Labute approximate surface area is 117 Å². The first kappa shape index (κ1) is 13.7. The molecule has 3 nitrogen and oxygen atoms in total. The van der Waals surface area contributed by atoms with Gasteiger partial charge in [-0.1, -0.05) is 23.7 Å². The molecule has 1 N–H and O–H groups in total. The number of carboxylic acids is 1. The van der Waals surface area contributed by atoms with Crippen molar-refractivity contribution in [3.8, 4) is 0 Å². The Balaban J connectivity index is 2.21. The van der Waals surface area contributed by atoms with Crippen LogP contribution in [0.2, 0.25) is 5.02 Å². The molecule has 1 aliphatic carbocycles. The van der Waals surface area contributed by atoms with Crippen LogP contribution in [0.15, 0.2) is 36.9 Å². The molecule has 0 heterocycles. The maximum absolute atomic E-state index is 10.5. The fourth-order valence-corrected chi connectivity index (χ4v) is 2.22. The van der Waals surface area contributed by atoms with Crippen molar-refractivity contribution in [1.29, 1.82) is 0 Å². The van der Waals surface area contributed by atoms with E-state index in [0.29, 0.717) is 16.6 Å². The molecule has 4 heteroatoms. The minimum absolute atomic E-state index is 0.560. The van der Waals surface area contributed by atoms with Gasteiger partial charge in [-0.3, -0.25) is 0 Å². The second-order valence-electron chi connectivity index (χ2n) is 4.55. The quantitative estimate of drug-likeness (QED) is 0.638. The van der Waals surface area contributed by atoms with E-state index in [1.165, 1.54) is 18.9 Å². The van der Waals surface area contributed by atoms with Gasteiger partial charge in [-0.25, -0.2) is 4.79 Å². The van der Waals surface area contributed by atoms with E-state index in [2.05, 4.69) is 11.5 Å². The van der Waals surface area contributed by atoms with Crippen molar-refractivity contribution in [2.24, 2.45) is 0 Å². The van der Waals surface area contributed by atoms with Crippen LogP contribution in [-0.2, 0) is 4.79 Å². The van der Waals surface area contributed by atoms with E-state index in [-0.39, 0.29) is 0 Å². The summed E-state index contributed by atoms with van der Waals surface area (Å²) in [4.78, 5) is 12.8. The molecule has 2 rings (SSSR count). The van der Waals surface area contributed by atoms with Crippen LogP contribution in [-0.4, -0.2) is 23.7 Å². The van der Waals surface area contributed by atoms with Gasteiger partial charge in [0.2, 0.25) is 0 Å². The van der Waals surface area contributed by atoms with Gasteiger partial charge in [0.15, 0.2) is 0 Å². The molecule has 0 aliphatic heterocycles. The Bertz CT molecular complexity index is 521. The highest BCUT2D eigenvalue weighted by molar-refractivity contribution is 6.32. The third kappa shape index (κ3) is 3.61. The average molecular weight is 278 g/mol. The third-order valence-corrected chi connectivity index (χ3v) is 3.36. The lowest BCUT2D eigenvalue weighted by atomic mass is 10.1. The molecule has 0 spiro atoms. The number of hydrogen-bond acceptors (Lipinski definition) is 2. The van der Waals surface area contributed by atoms with Crippen molar-refractivity contribution >= 4 is 29.3 Å². The topological polar surface area (TPSA) is 40.5 Å². The summed E-state index contributed by atoms with van der Waals surface area (Å²) in [5.74, 6) is -0.980. The number of halogens is 1. The lowest BCUT2D eigenvalue weighted by Gasteiger charge is -2.23. The largest absolute Gasteiger partial charge is 0.478 e. The lowest BCUT2D eigenvalue weighted by Crippen LogP contribution is -2.25. The first-order valence-electron chi connectivity index (χ1n) is 6.20. The molecule has 0 saturated heterocycles. The monoisotopic (exact) mass is 277 g/mol. The van der Waals surface area contributed by atoms with Crippen LogP contribution in [0, 0.1) is 0 Å². The minimum Gasteiger partial charge on any atom is -0.478 e. The molecule has 0 bridgehead atoms. The van der Waals surface area contributed by atoms with Crippen molar-refractivity contribution in [3.63, 3.8) is 0 Å². The SMILES string of the molecule is C=CCN(c1ccc(/C=C/C(=O)O)c(Cl)c1)C1CC1. The highest BCUT2D eigenvalue weighted by Gasteiger charge is 2.28. The Morgan fingerprint density at radius 2 is 2.26 bits per heavy atom. The standard InChI is InChI=1S/C15H16ClNO2/c1-2-9-17(12-6-7-12)13-5-3-11(14(16)10-13)4-8-15(18)19/h2-5,8,10,12H,1,6-7,9H2,(H,18,19)/b8-4+. The van der Waals surface area contributed by atoms with Gasteiger partial charge in [0.05, 0.1) is 0 Å². The predicted molar refractivity (Wildman–Crippen MR) is 78.7 cm³/mol. The Morgan fingerprint density at radius 3 is 2.79 bits per heavy atom. The van der Waals surface area contributed by atoms with Crippen LogP contribution in [0.4, 0.5) is 5.69 Å². The lowest BCUT2D eigenvalue weighted by molar-refractivity contribution is -0.131. The van der Waals surface area contributed by atoms with Crippen LogP contribution in [0.1, 0.15) is 18.4 Å². The smallest absolute Gasteiger partial charge is 0.328 e. The van der Waals surface area contributed by atoms with Crippen LogP contribution in [0.3, 0.4) is 0 Å². The number of carboxylic acid groups (broad SMARTS) is 1. The summed E-state index contributed by atoms with van der Waals surface area (Å²) in [5, 5.41) is 9.17. The summed E-state index contributed by atoms with van der Waals surface area (Å²) < 4.78 is 0. The fraction of sp³-hybridized carbons (Fsp3) is 0.267. The van der Waals surface area contributed by atoms with Gasteiger partial charge in [0.25, 0.3) is 0 Å². The van der Waals surface area contributed by atoms with E-state index in [9.17, 15) is 4.79 Å². The Hall–Kier alpha value is -1.74. The van der Waals surface area contributed by atoms with E-state index in [1.807, 2.05) is 24.3 Å². The molecule has 1 aromatic rings. The number of rotatable bonds is 6. The molecule has 1 aromatic carbocycles. The highest BCUT2D eigenvalue weighted by atomic mass is 35.5. The number of nitrogens with zero attached hydrogens (tertiary/aromatic N) is 1. The minimum atomic E-state index is -0.980. The van der Waals surface area contributed by atoms with Crippen molar-refractivity contribution < 1.29 is 9.90 Å². The molecule has 0 radical (unpaired) electrons. The molecule has 0 aromatic heterocycles. The molecule has 1 fully saturated rings. The van der Waals surface area contributed by atoms with Crippen molar-refractivity contribution in [1.82, 2.24) is 0 Å². The molecule has 1 saturated carbocycles. The Morgan fingerprint density at radius 1 is 1.53 bits per heavy atom. The molecule has 0 amide bonds. The molecule has 0 unspecified atom stereocenters. The van der Waals surface area contributed by atoms with E-state index in [4.69, 9.17) is 16.7 Å². The molecule has 0 atom stereocenters. The Kier molecular flexibility index (Phi) is 4.27.